The average molecular weight is 652 g/mol. The molecule has 3 nitrogen and oxygen atoms in total. The van der Waals surface area contributed by atoms with Crippen molar-refractivity contribution in [2.45, 2.75) is 100 Å². The molecule has 0 aromatic rings. The summed E-state index contributed by atoms with van der Waals surface area (Å²) in [6, 6.07) is -1.55. The first-order chi connectivity index (χ1) is 17.6. The van der Waals surface area contributed by atoms with E-state index in [4.69, 9.17) is 13.3 Å². The number of hydrogen-bond acceptors (Lipinski definition) is 3. The monoisotopic (exact) mass is 652 g/mol. The van der Waals surface area contributed by atoms with Crippen molar-refractivity contribution in [3.05, 3.63) is 0 Å². The first-order valence-electron chi connectivity index (χ1n) is 11.3. The summed E-state index contributed by atoms with van der Waals surface area (Å²) in [5.41, 5.74) is 0. The Hall–Kier alpha value is -1.09. The smallest absolute Gasteiger partial charge is 0.373 e. The van der Waals surface area contributed by atoms with Gasteiger partial charge in [0, 0.05) is 32.3 Å². The molecule has 0 unspecified atom stereocenters. The van der Waals surface area contributed by atoms with E-state index in [0.29, 0.717) is 0 Å². The molecule has 0 N–H and O–H groups in total. The topological polar surface area (TPSA) is 27.7 Å². The second-order valence-electron chi connectivity index (χ2n) is 8.38. The minimum Gasteiger partial charge on any atom is -0.373 e. The lowest BCUT2D eigenvalue weighted by atomic mass is 9.88. The fraction of sp³-hybridized carbons (Fsp3) is 1.00. The molecule has 0 saturated carbocycles. The van der Waals surface area contributed by atoms with Gasteiger partial charge in [-0.05, 0) is 19.3 Å². The summed E-state index contributed by atoms with van der Waals surface area (Å²) in [5.74, 6) is -56.6. The van der Waals surface area contributed by atoms with Crippen molar-refractivity contribution in [1.29, 1.82) is 0 Å². The zero-order valence-corrected chi connectivity index (χ0v) is 21.8. The molecule has 0 rings (SSSR count). The van der Waals surface area contributed by atoms with Gasteiger partial charge in [0.05, 0.1) is 0 Å². The Bertz CT molecular complexity index is 780. The van der Waals surface area contributed by atoms with Crippen LogP contribution in [0.5, 0.6) is 0 Å². The largest absolute Gasteiger partial charge is 0.501 e. The SMILES string of the molecule is CCCO[Si](CCC(F)(F)C(F)(F)C(F)(F)C(F)(F)C(F)(F)C(F)(F)C(F)(F)C(F)(F)F)(OCCC)OCCC. The van der Waals surface area contributed by atoms with E-state index in [1.54, 1.807) is 0 Å². The molecule has 40 heavy (non-hydrogen) atoms. The summed E-state index contributed by atoms with van der Waals surface area (Å²) in [6.45, 7) is 3.35. The highest BCUT2D eigenvalue weighted by molar-refractivity contribution is 6.60. The Labute approximate surface area is 217 Å². The summed E-state index contributed by atoms with van der Waals surface area (Å²) >= 11 is 0. The fourth-order valence-corrected chi connectivity index (χ4v) is 5.63. The van der Waals surface area contributed by atoms with Gasteiger partial charge in [-0.2, -0.15) is 74.6 Å². The normalized spacial score (nSPS) is 15.6. The fourth-order valence-electron chi connectivity index (χ4n) is 2.78. The van der Waals surface area contributed by atoms with Crippen LogP contribution >= 0.6 is 0 Å². The molecule has 0 heterocycles. The predicted molar refractivity (Wildman–Crippen MR) is 105 cm³/mol. The van der Waals surface area contributed by atoms with Crippen LogP contribution in [-0.4, -0.2) is 76.3 Å². The molecule has 21 heteroatoms. The van der Waals surface area contributed by atoms with Gasteiger partial charge in [-0.15, -0.1) is 0 Å². The average Bonchev–Trinajstić information content (AvgIpc) is 2.81. The maximum atomic E-state index is 14.4. The Balaban J connectivity index is 6.59. The van der Waals surface area contributed by atoms with Gasteiger partial charge in [0.1, 0.15) is 0 Å². The predicted octanol–water partition coefficient (Wildman–Crippen LogP) is 8.60. The van der Waals surface area contributed by atoms with E-state index in [9.17, 15) is 74.6 Å². The van der Waals surface area contributed by atoms with Crippen LogP contribution < -0.4 is 0 Å². The van der Waals surface area contributed by atoms with Gasteiger partial charge >= 0.3 is 56.4 Å². The zero-order valence-electron chi connectivity index (χ0n) is 20.8. The molecule has 0 aromatic heterocycles. The highest BCUT2D eigenvalue weighted by Crippen LogP contribution is 2.64. The van der Waals surface area contributed by atoms with Gasteiger partial charge in [0.25, 0.3) is 0 Å². The van der Waals surface area contributed by atoms with Gasteiger partial charge in [-0.25, -0.2) is 0 Å². The van der Waals surface area contributed by atoms with E-state index < -0.39 is 68.9 Å². The van der Waals surface area contributed by atoms with E-state index in [1.165, 1.54) is 20.8 Å². The molecule has 0 radical (unpaired) electrons. The van der Waals surface area contributed by atoms with Crippen LogP contribution in [0.15, 0.2) is 0 Å². The Kier molecular flexibility index (Phi) is 12.3. The number of alkyl halides is 17. The molecule has 0 spiro atoms. The molecular weight excluding hydrogens is 627 g/mol. The molecule has 0 aliphatic carbocycles. The third kappa shape index (κ3) is 6.76. The van der Waals surface area contributed by atoms with Gasteiger partial charge in [0.15, 0.2) is 0 Å². The van der Waals surface area contributed by atoms with E-state index in [2.05, 4.69) is 0 Å². The van der Waals surface area contributed by atoms with Crippen LogP contribution in [0, 0.1) is 0 Å². The highest BCUT2D eigenvalue weighted by atomic mass is 28.4. The van der Waals surface area contributed by atoms with E-state index in [1.807, 2.05) is 0 Å². The molecule has 0 aromatic carbocycles. The maximum absolute atomic E-state index is 14.4. The van der Waals surface area contributed by atoms with Crippen LogP contribution in [0.1, 0.15) is 46.5 Å². The number of hydrogen-bond donors (Lipinski definition) is 0. The number of halogens is 17. The van der Waals surface area contributed by atoms with E-state index in [-0.39, 0.29) is 39.1 Å². The molecule has 242 valence electrons. The first kappa shape index (κ1) is 38.9. The molecule has 0 fully saturated rings. The van der Waals surface area contributed by atoms with Crippen LogP contribution in [0.3, 0.4) is 0 Å². The molecule has 0 atom stereocenters. The minimum absolute atomic E-state index is 0.127. The van der Waals surface area contributed by atoms with Crippen LogP contribution in [0.2, 0.25) is 6.04 Å². The summed E-state index contributed by atoms with van der Waals surface area (Å²) < 4.78 is 245. The Morgan fingerprint density at radius 1 is 0.425 bits per heavy atom. The van der Waals surface area contributed by atoms with Crippen molar-refractivity contribution >= 4 is 8.80 Å². The van der Waals surface area contributed by atoms with Gasteiger partial charge < -0.3 is 13.3 Å². The minimum atomic E-state index is -8.65. The summed E-state index contributed by atoms with van der Waals surface area (Å²) in [5, 5.41) is 0. The van der Waals surface area contributed by atoms with Crippen LogP contribution in [-0.2, 0) is 13.3 Å². The zero-order chi connectivity index (χ0) is 32.3. The molecule has 0 saturated heterocycles. The van der Waals surface area contributed by atoms with Crippen LogP contribution in [0.4, 0.5) is 74.6 Å². The molecule has 0 aliphatic rings. The Morgan fingerprint density at radius 2 is 0.700 bits per heavy atom. The van der Waals surface area contributed by atoms with E-state index in [0.717, 1.165) is 0 Å². The van der Waals surface area contributed by atoms with Gasteiger partial charge in [-0.3, -0.25) is 0 Å². The van der Waals surface area contributed by atoms with Crippen molar-refractivity contribution in [3.63, 3.8) is 0 Å². The Morgan fingerprint density at radius 3 is 0.975 bits per heavy atom. The maximum Gasteiger partial charge on any atom is 0.501 e. The second kappa shape index (κ2) is 12.6. The number of rotatable bonds is 18. The third-order valence-corrected chi connectivity index (χ3v) is 7.90. The third-order valence-electron chi connectivity index (χ3n) is 5.11. The van der Waals surface area contributed by atoms with Crippen molar-refractivity contribution in [2.75, 3.05) is 19.8 Å². The lowest BCUT2D eigenvalue weighted by Gasteiger charge is -2.43. The molecule has 0 aliphatic heterocycles. The van der Waals surface area contributed by atoms with Crippen molar-refractivity contribution in [1.82, 2.24) is 0 Å². The standard InChI is InChI=1S/C19H25F17O3Si/c1-4-8-37-40(38-9-5-2,39-10-6-3)11-7-12(20,21)13(22,23)14(24,25)15(26,27)16(28,29)17(30,31)18(32,33)19(34,35)36/h4-11H2,1-3H3. The van der Waals surface area contributed by atoms with Crippen molar-refractivity contribution in [2.24, 2.45) is 0 Å². The lowest BCUT2D eigenvalue weighted by Crippen LogP contribution is -2.74. The first-order valence-corrected chi connectivity index (χ1v) is 13.2. The van der Waals surface area contributed by atoms with Crippen LogP contribution in [0.25, 0.3) is 0 Å². The van der Waals surface area contributed by atoms with E-state index >= 15 is 0 Å². The quantitative estimate of drug-likeness (QED) is 0.110. The summed E-state index contributed by atoms with van der Waals surface area (Å²) in [4.78, 5) is 0. The molecule has 0 amide bonds. The summed E-state index contributed by atoms with van der Waals surface area (Å²) in [7, 11) is -4.50. The van der Waals surface area contributed by atoms with Gasteiger partial charge in [0.2, 0.25) is 0 Å². The molecular formula is C19H25F17O3Si. The highest BCUT2D eigenvalue weighted by Gasteiger charge is 2.95. The lowest BCUT2D eigenvalue weighted by molar-refractivity contribution is -0.461. The molecule has 0 bridgehead atoms. The van der Waals surface area contributed by atoms with Crippen molar-refractivity contribution < 1.29 is 87.9 Å². The van der Waals surface area contributed by atoms with Crippen molar-refractivity contribution in [3.8, 4) is 0 Å². The second-order valence-corrected chi connectivity index (χ2v) is 11.1. The summed E-state index contributed by atoms with van der Waals surface area (Å²) in [6.07, 6.45) is -10.1. The van der Waals surface area contributed by atoms with Gasteiger partial charge in [-0.1, -0.05) is 20.8 Å².